The van der Waals surface area contributed by atoms with Gasteiger partial charge in [0, 0.05) is 58.7 Å². The molecule has 1 unspecified atom stereocenters. The monoisotopic (exact) mass is 348 g/mol. The van der Waals surface area contributed by atoms with E-state index in [4.69, 9.17) is 0 Å². The number of carbonyl (C=O) groups is 3. The molecule has 0 spiro atoms. The molecule has 3 heterocycles. The summed E-state index contributed by atoms with van der Waals surface area (Å²) >= 11 is 0. The molecule has 0 radical (unpaired) electrons. The van der Waals surface area contributed by atoms with Crippen LogP contribution in [-0.2, 0) is 21.4 Å². The molecule has 1 atom stereocenters. The summed E-state index contributed by atoms with van der Waals surface area (Å²) < 4.78 is 1.90. The Morgan fingerprint density at radius 2 is 1.96 bits per heavy atom. The van der Waals surface area contributed by atoms with Crippen molar-refractivity contribution in [2.24, 2.45) is 7.05 Å². The molecule has 2 aliphatic rings. The van der Waals surface area contributed by atoms with Gasteiger partial charge >= 0.3 is 11.8 Å². The molecule has 0 saturated carbocycles. The van der Waals surface area contributed by atoms with Gasteiger partial charge in [-0.1, -0.05) is 0 Å². The van der Waals surface area contributed by atoms with Crippen LogP contribution >= 0.6 is 0 Å². The number of hydrogen-bond donors (Lipinski definition) is 1. The first-order chi connectivity index (χ1) is 12.0. The Morgan fingerprint density at radius 3 is 2.64 bits per heavy atom. The third-order valence-electron chi connectivity index (χ3n) is 4.83. The highest BCUT2D eigenvalue weighted by Crippen LogP contribution is 2.21. The van der Waals surface area contributed by atoms with Crippen LogP contribution in [0, 0.1) is 0 Å². The molecular formula is C16H24N6O3. The molecule has 1 aromatic heterocycles. The zero-order chi connectivity index (χ0) is 18.0. The van der Waals surface area contributed by atoms with E-state index in [2.05, 4.69) is 10.3 Å². The summed E-state index contributed by atoms with van der Waals surface area (Å²) in [5.74, 6) is -0.466. The number of amides is 3. The molecule has 3 rings (SSSR count). The fourth-order valence-electron chi connectivity index (χ4n) is 3.35. The quantitative estimate of drug-likeness (QED) is 0.675. The minimum atomic E-state index is -0.592. The Morgan fingerprint density at radius 1 is 1.24 bits per heavy atom. The van der Waals surface area contributed by atoms with E-state index in [-0.39, 0.29) is 18.5 Å². The van der Waals surface area contributed by atoms with Crippen molar-refractivity contribution in [1.82, 2.24) is 29.6 Å². The molecule has 1 N–H and O–H groups in total. The van der Waals surface area contributed by atoms with Crippen LogP contribution in [0.1, 0.15) is 18.8 Å². The van der Waals surface area contributed by atoms with Crippen LogP contribution in [-0.4, -0.2) is 87.8 Å². The Labute approximate surface area is 146 Å². The third-order valence-corrected chi connectivity index (χ3v) is 4.83. The van der Waals surface area contributed by atoms with Crippen LogP contribution in [0.5, 0.6) is 0 Å². The molecule has 25 heavy (non-hydrogen) atoms. The molecule has 9 nitrogen and oxygen atoms in total. The van der Waals surface area contributed by atoms with E-state index in [9.17, 15) is 14.4 Å². The number of rotatable bonds is 4. The van der Waals surface area contributed by atoms with Gasteiger partial charge in [0.1, 0.15) is 18.4 Å². The lowest BCUT2D eigenvalue weighted by Gasteiger charge is -2.38. The van der Waals surface area contributed by atoms with Crippen LogP contribution in [0.2, 0.25) is 0 Å². The van der Waals surface area contributed by atoms with Gasteiger partial charge in [-0.15, -0.1) is 0 Å². The average molecular weight is 348 g/mol. The maximum Gasteiger partial charge on any atom is 0.312 e. The van der Waals surface area contributed by atoms with Crippen molar-refractivity contribution in [2.45, 2.75) is 13.0 Å². The van der Waals surface area contributed by atoms with Gasteiger partial charge in [0.05, 0.1) is 0 Å². The van der Waals surface area contributed by atoms with Crippen LogP contribution < -0.4 is 5.32 Å². The van der Waals surface area contributed by atoms with Crippen molar-refractivity contribution in [3.05, 3.63) is 18.2 Å². The van der Waals surface area contributed by atoms with E-state index in [0.29, 0.717) is 39.3 Å². The van der Waals surface area contributed by atoms with E-state index in [1.54, 1.807) is 11.1 Å². The molecule has 0 bridgehead atoms. The molecule has 2 fully saturated rings. The topological polar surface area (TPSA) is 90.8 Å². The highest BCUT2D eigenvalue weighted by molar-refractivity contribution is 6.35. The molecule has 0 aromatic carbocycles. The molecule has 2 saturated heterocycles. The summed E-state index contributed by atoms with van der Waals surface area (Å²) in [7, 11) is 1.89. The fraction of sp³-hybridized carbons (Fsp3) is 0.625. The van der Waals surface area contributed by atoms with Crippen molar-refractivity contribution in [2.75, 3.05) is 45.8 Å². The van der Waals surface area contributed by atoms with E-state index >= 15 is 0 Å². The maximum atomic E-state index is 12.8. The zero-order valence-electron chi connectivity index (χ0n) is 14.6. The summed E-state index contributed by atoms with van der Waals surface area (Å²) in [5.41, 5.74) is 0. The number of carbonyl (C=O) groups excluding carboxylic acids is 3. The molecular weight excluding hydrogens is 324 g/mol. The standard InChI is InChI=1S/C16H24N6O3/c1-3-20-8-9-21(16(25)15(20)24)11-13(23)22-7-4-17-10-12(22)14-18-5-6-19(14)2/h5-6,12,17H,3-4,7-11H2,1-2H3. The number of nitrogens with one attached hydrogen (secondary N) is 1. The lowest BCUT2D eigenvalue weighted by Crippen LogP contribution is -2.58. The number of likely N-dealkylation sites (N-methyl/N-ethyl adjacent to an activating group) is 1. The van der Waals surface area contributed by atoms with E-state index in [1.165, 1.54) is 9.80 Å². The second-order valence-corrected chi connectivity index (χ2v) is 6.31. The predicted octanol–water partition coefficient (Wildman–Crippen LogP) is -1.42. The zero-order valence-corrected chi connectivity index (χ0v) is 14.6. The van der Waals surface area contributed by atoms with Gasteiger partial charge in [-0.05, 0) is 6.92 Å². The number of nitrogens with zero attached hydrogens (tertiary/aromatic N) is 5. The van der Waals surface area contributed by atoms with Crippen LogP contribution in [0.15, 0.2) is 12.4 Å². The highest BCUT2D eigenvalue weighted by atomic mass is 16.2. The van der Waals surface area contributed by atoms with Gasteiger partial charge in [0.2, 0.25) is 5.91 Å². The largest absolute Gasteiger partial charge is 0.336 e. The SMILES string of the molecule is CCN1CCN(CC(=O)N2CCNCC2c2nccn2C)C(=O)C1=O. The molecule has 2 aliphatic heterocycles. The summed E-state index contributed by atoms with van der Waals surface area (Å²) in [6, 6.07) is -0.177. The number of hydrogen-bond acceptors (Lipinski definition) is 5. The first-order valence-corrected chi connectivity index (χ1v) is 8.58. The average Bonchev–Trinajstić information content (AvgIpc) is 3.05. The minimum Gasteiger partial charge on any atom is -0.336 e. The van der Waals surface area contributed by atoms with Crippen molar-refractivity contribution in [1.29, 1.82) is 0 Å². The molecule has 3 amide bonds. The summed E-state index contributed by atoms with van der Waals surface area (Å²) in [5, 5.41) is 3.28. The van der Waals surface area contributed by atoms with E-state index in [0.717, 1.165) is 5.82 Å². The predicted molar refractivity (Wildman–Crippen MR) is 89.4 cm³/mol. The normalized spacial score (nSPS) is 21.8. The third kappa shape index (κ3) is 3.37. The van der Waals surface area contributed by atoms with Gasteiger partial charge < -0.3 is 24.6 Å². The van der Waals surface area contributed by atoms with Gasteiger partial charge in [0.25, 0.3) is 0 Å². The van der Waals surface area contributed by atoms with Crippen molar-refractivity contribution in [3.8, 4) is 0 Å². The first kappa shape index (κ1) is 17.4. The van der Waals surface area contributed by atoms with Crippen LogP contribution in [0.3, 0.4) is 0 Å². The van der Waals surface area contributed by atoms with E-state index in [1.807, 2.05) is 24.7 Å². The molecule has 136 valence electrons. The van der Waals surface area contributed by atoms with Gasteiger partial charge in [-0.3, -0.25) is 14.4 Å². The fourth-order valence-corrected chi connectivity index (χ4v) is 3.35. The summed E-state index contributed by atoms with van der Waals surface area (Å²) in [6.45, 7) is 5.00. The van der Waals surface area contributed by atoms with E-state index < -0.39 is 11.8 Å². The van der Waals surface area contributed by atoms with Crippen LogP contribution in [0.25, 0.3) is 0 Å². The Balaban J connectivity index is 1.70. The Hall–Kier alpha value is -2.42. The lowest BCUT2D eigenvalue weighted by atomic mass is 10.1. The Bertz CT molecular complexity index is 673. The van der Waals surface area contributed by atoms with Gasteiger partial charge in [0.15, 0.2) is 0 Å². The van der Waals surface area contributed by atoms with Crippen LogP contribution in [0.4, 0.5) is 0 Å². The van der Waals surface area contributed by atoms with Crippen molar-refractivity contribution in [3.63, 3.8) is 0 Å². The molecule has 1 aromatic rings. The van der Waals surface area contributed by atoms with Crippen molar-refractivity contribution < 1.29 is 14.4 Å². The Kier molecular flexibility index (Phi) is 5.03. The lowest BCUT2D eigenvalue weighted by molar-refractivity contribution is -0.158. The number of aromatic nitrogens is 2. The van der Waals surface area contributed by atoms with Crippen molar-refractivity contribution >= 4 is 17.7 Å². The van der Waals surface area contributed by atoms with Gasteiger partial charge in [-0.25, -0.2) is 4.98 Å². The summed E-state index contributed by atoms with van der Waals surface area (Å²) in [6.07, 6.45) is 3.55. The second-order valence-electron chi connectivity index (χ2n) is 6.31. The maximum absolute atomic E-state index is 12.8. The minimum absolute atomic E-state index is 0.0664. The second kappa shape index (κ2) is 7.22. The van der Waals surface area contributed by atoms with Gasteiger partial charge in [-0.2, -0.15) is 0 Å². The highest BCUT2D eigenvalue weighted by Gasteiger charge is 2.36. The molecule has 9 heteroatoms. The number of imidazole rings is 1. The molecule has 0 aliphatic carbocycles. The first-order valence-electron chi connectivity index (χ1n) is 8.58. The number of piperazine rings is 2. The smallest absolute Gasteiger partial charge is 0.312 e. The number of aryl methyl sites for hydroxylation is 1. The summed E-state index contributed by atoms with van der Waals surface area (Å²) in [4.78, 5) is 46.0.